The summed E-state index contributed by atoms with van der Waals surface area (Å²) in [5.41, 5.74) is -0.117. The Hall–Kier alpha value is -3.04. The van der Waals surface area contributed by atoms with Crippen LogP contribution in [0.5, 0.6) is 0 Å². The van der Waals surface area contributed by atoms with Gasteiger partial charge >= 0.3 is 12.3 Å². The maximum atomic E-state index is 13.1. The molecule has 3 rings (SSSR count). The number of nitrogens with one attached hydrogen (secondary N) is 2. The van der Waals surface area contributed by atoms with E-state index in [2.05, 4.69) is 15.7 Å². The first kappa shape index (κ1) is 23.6. The molecule has 2 aromatic rings. The van der Waals surface area contributed by atoms with Gasteiger partial charge in [-0.25, -0.2) is 9.48 Å². The maximum Gasteiger partial charge on any atom is 0.416 e. The number of ether oxygens (including phenoxy) is 1. The molecule has 0 atom stereocenters. The number of aromatic nitrogens is 2. The number of hydrogen-bond donors (Lipinski definition) is 2. The van der Waals surface area contributed by atoms with Crippen molar-refractivity contribution in [3.8, 4) is 5.69 Å². The predicted molar refractivity (Wildman–Crippen MR) is 112 cm³/mol. The molecule has 0 spiro atoms. The molecule has 2 N–H and O–H groups in total. The number of halogens is 3. The van der Waals surface area contributed by atoms with Crippen molar-refractivity contribution in [2.75, 3.05) is 13.1 Å². The summed E-state index contributed by atoms with van der Waals surface area (Å²) in [5.74, 6) is -0.260. The summed E-state index contributed by atoms with van der Waals surface area (Å²) < 4.78 is 45.8. The first-order chi connectivity index (χ1) is 15.0. The van der Waals surface area contributed by atoms with Crippen LogP contribution in [0.25, 0.3) is 5.69 Å². The number of nitrogens with zero attached hydrogens (tertiary/aromatic N) is 2. The van der Waals surface area contributed by atoms with Crippen LogP contribution in [-0.2, 0) is 10.9 Å². The van der Waals surface area contributed by atoms with Crippen molar-refractivity contribution < 1.29 is 27.5 Å². The van der Waals surface area contributed by atoms with E-state index in [1.54, 1.807) is 20.8 Å². The third-order valence-corrected chi connectivity index (χ3v) is 4.74. The van der Waals surface area contributed by atoms with Gasteiger partial charge in [0.25, 0.3) is 5.91 Å². The van der Waals surface area contributed by atoms with Crippen LogP contribution in [0.2, 0.25) is 0 Å². The highest BCUT2D eigenvalue weighted by molar-refractivity contribution is 5.95. The second-order valence-corrected chi connectivity index (χ2v) is 8.72. The fraction of sp³-hybridized carbons (Fsp3) is 0.500. The minimum absolute atomic E-state index is 0.0848. The van der Waals surface area contributed by atoms with Crippen molar-refractivity contribution in [1.82, 2.24) is 20.4 Å². The molecule has 1 fully saturated rings. The summed E-state index contributed by atoms with van der Waals surface area (Å²) in [6.45, 7) is 5.94. The van der Waals surface area contributed by atoms with Crippen molar-refractivity contribution in [3.63, 3.8) is 0 Å². The Balaban J connectivity index is 1.62. The van der Waals surface area contributed by atoms with Crippen LogP contribution in [-0.4, -0.2) is 40.5 Å². The van der Waals surface area contributed by atoms with Crippen LogP contribution >= 0.6 is 0 Å². The molecule has 1 heterocycles. The number of carbonyl (C=O) groups is 2. The van der Waals surface area contributed by atoms with Gasteiger partial charge in [-0.3, -0.25) is 4.79 Å². The first-order valence-electron chi connectivity index (χ1n) is 10.5. The number of carbonyl (C=O) groups excluding carboxylic acids is 2. The van der Waals surface area contributed by atoms with Crippen molar-refractivity contribution in [1.29, 1.82) is 0 Å². The molecule has 7 nitrogen and oxygen atoms in total. The van der Waals surface area contributed by atoms with Gasteiger partial charge in [-0.05, 0) is 58.2 Å². The molecule has 1 aromatic carbocycles. The van der Waals surface area contributed by atoms with Gasteiger partial charge in [0.15, 0.2) is 0 Å². The van der Waals surface area contributed by atoms with Crippen molar-refractivity contribution in [2.45, 2.75) is 57.7 Å². The summed E-state index contributed by atoms with van der Waals surface area (Å²) in [7, 11) is 0. The van der Waals surface area contributed by atoms with E-state index in [9.17, 15) is 22.8 Å². The zero-order chi connectivity index (χ0) is 23.5. The molecular formula is C22H27F3N4O3. The monoisotopic (exact) mass is 452 g/mol. The lowest BCUT2D eigenvalue weighted by atomic mass is 10.1. The number of alkyl carbamates (subject to hydrolysis) is 1. The molecule has 0 saturated heterocycles. The smallest absolute Gasteiger partial charge is 0.416 e. The van der Waals surface area contributed by atoms with Gasteiger partial charge in [0.05, 0.1) is 28.7 Å². The SMILES string of the molecule is CC(C)(C)OC(=O)NCCCNC(=O)c1cnn(-c2cccc(C(F)(F)F)c2)c1C1CC1. The van der Waals surface area contributed by atoms with Gasteiger partial charge in [-0.15, -0.1) is 0 Å². The first-order valence-corrected chi connectivity index (χ1v) is 10.5. The third kappa shape index (κ3) is 6.24. The summed E-state index contributed by atoms with van der Waals surface area (Å²) in [5, 5.41) is 9.60. The highest BCUT2D eigenvalue weighted by atomic mass is 19.4. The molecule has 32 heavy (non-hydrogen) atoms. The molecule has 0 bridgehead atoms. The maximum absolute atomic E-state index is 13.1. The van der Waals surface area contributed by atoms with E-state index in [1.165, 1.54) is 23.0 Å². The Morgan fingerprint density at radius 3 is 2.47 bits per heavy atom. The lowest BCUT2D eigenvalue weighted by molar-refractivity contribution is -0.137. The highest BCUT2D eigenvalue weighted by Crippen LogP contribution is 2.42. The number of amides is 2. The molecule has 0 radical (unpaired) electrons. The standard InChI is InChI=1S/C22H27F3N4O3/c1-21(2,3)32-20(31)27-11-5-10-26-19(30)17-13-28-29(18(17)14-8-9-14)16-7-4-6-15(12-16)22(23,24)25/h4,6-7,12-14H,5,8-11H2,1-3H3,(H,26,30)(H,27,31). The van der Waals surface area contributed by atoms with Crippen molar-refractivity contribution in [2.24, 2.45) is 0 Å². The minimum atomic E-state index is -4.46. The zero-order valence-electron chi connectivity index (χ0n) is 18.3. The van der Waals surface area contributed by atoms with Crippen molar-refractivity contribution >= 4 is 12.0 Å². The van der Waals surface area contributed by atoms with Crippen LogP contribution in [0.4, 0.5) is 18.0 Å². The van der Waals surface area contributed by atoms with Gasteiger partial charge in [-0.2, -0.15) is 18.3 Å². The average Bonchev–Trinajstić information content (AvgIpc) is 3.43. The van der Waals surface area contributed by atoms with Gasteiger partial charge in [0.2, 0.25) is 0 Å². The fourth-order valence-corrected chi connectivity index (χ4v) is 3.19. The minimum Gasteiger partial charge on any atom is -0.444 e. The van der Waals surface area contributed by atoms with Crippen LogP contribution < -0.4 is 10.6 Å². The van der Waals surface area contributed by atoms with Crippen LogP contribution in [0, 0.1) is 0 Å². The Bertz CT molecular complexity index is 976. The summed E-state index contributed by atoms with van der Waals surface area (Å²) in [4.78, 5) is 24.3. The summed E-state index contributed by atoms with van der Waals surface area (Å²) in [6.07, 6.45) is -1.40. The molecule has 174 valence electrons. The number of alkyl halides is 3. The fourth-order valence-electron chi connectivity index (χ4n) is 3.19. The lowest BCUT2D eigenvalue weighted by Crippen LogP contribution is -2.34. The Morgan fingerprint density at radius 2 is 1.84 bits per heavy atom. The second kappa shape index (κ2) is 9.22. The predicted octanol–water partition coefficient (Wildman–Crippen LogP) is 4.41. The van der Waals surface area contributed by atoms with E-state index in [0.29, 0.717) is 30.8 Å². The Morgan fingerprint density at radius 1 is 1.16 bits per heavy atom. The second-order valence-electron chi connectivity index (χ2n) is 8.72. The van der Waals surface area contributed by atoms with E-state index in [0.717, 1.165) is 25.0 Å². The Labute approximate surface area is 184 Å². The zero-order valence-corrected chi connectivity index (χ0v) is 18.3. The van der Waals surface area contributed by atoms with Crippen LogP contribution in [0.1, 0.15) is 67.6 Å². The number of hydrogen-bond acceptors (Lipinski definition) is 4. The van der Waals surface area contributed by atoms with E-state index < -0.39 is 23.4 Å². The van der Waals surface area contributed by atoms with Gasteiger partial charge in [-0.1, -0.05) is 6.07 Å². The molecule has 1 aliphatic carbocycles. The summed E-state index contributed by atoms with van der Waals surface area (Å²) in [6, 6.07) is 4.90. The molecule has 10 heteroatoms. The molecule has 2 amide bonds. The average molecular weight is 452 g/mol. The third-order valence-electron chi connectivity index (χ3n) is 4.74. The Kier molecular flexibility index (Phi) is 6.80. The molecule has 1 aromatic heterocycles. The quantitative estimate of drug-likeness (QED) is 0.610. The molecule has 1 saturated carbocycles. The molecular weight excluding hydrogens is 425 g/mol. The van der Waals surface area contributed by atoms with Gasteiger partial charge in [0, 0.05) is 19.0 Å². The number of benzene rings is 1. The van der Waals surface area contributed by atoms with Gasteiger partial charge in [0.1, 0.15) is 5.60 Å². The topological polar surface area (TPSA) is 85.2 Å². The number of rotatable bonds is 7. The van der Waals surface area contributed by atoms with E-state index in [4.69, 9.17) is 4.74 Å². The molecule has 0 unspecified atom stereocenters. The van der Waals surface area contributed by atoms with Gasteiger partial charge < -0.3 is 15.4 Å². The van der Waals surface area contributed by atoms with Crippen molar-refractivity contribution in [3.05, 3.63) is 47.3 Å². The van der Waals surface area contributed by atoms with E-state index in [1.807, 2.05) is 0 Å². The molecule has 0 aliphatic heterocycles. The van der Waals surface area contributed by atoms with Crippen LogP contribution in [0.3, 0.4) is 0 Å². The normalized spacial score (nSPS) is 14.2. The molecule has 1 aliphatic rings. The van der Waals surface area contributed by atoms with E-state index in [-0.39, 0.29) is 17.5 Å². The van der Waals surface area contributed by atoms with E-state index >= 15 is 0 Å². The summed E-state index contributed by atoms with van der Waals surface area (Å²) >= 11 is 0. The largest absolute Gasteiger partial charge is 0.444 e. The lowest BCUT2D eigenvalue weighted by Gasteiger charge is -2.19. The van der Waals surface area contributed by atoms with Crippen LogP contribution in [0.15, 0.2) is 30.5 Å². The highest BCUT2D eigenvalue weighted by Gasteiger charge is 2.34.